The van der Waals surface area contributed by atoms with E-state index in [-0.39, 0.29) is 29.8 Å². The normalized spacial score (nSPS) is 34.4. The predicted molar refractivity (Wildman–Crippen MR) is 86.0 cm³/mol. The average molecular weight is 336 g/mol. The van der Waals surface area contributed by atoms with Gasteiger partial charge in [-0.05, 0) is 37.8 Å². The summed E-state index contributed by atoms with van der Waals surface area (Å²) in [4.78, 5) is 25.2. The number of aliphatic hydroxyl groups is 1. The summed E-state index contributed by atoms with van der Waals surface area (Å²) in [5.74, 6) is -1.90. The zero-order chi connectivity index (χ0) is 17.6. The minimum Gasteiger partial charge on any atom is -0.477 e. The van der Waals surface area contributed by atoms with Gasteiger partial charge in [-0.1, -0.05) is 6.08 Å². The lowest BCUT2D eigenvalue weighted by Crippen LogP contribution is -2.61. The number of fused-ring (bicyclic) bond motifs is 1. The van der Waals surface area contributed by atoms with Crippen molar-refractivity contribution in [2.45, 2.75) is 51.0 Å². The van der Waals surface area contributed by atoms with Gasteiger partial charge in [-0.2, -0.15) is 0 Å². The number of hydrogen-bond donors (Lipinski definition) is 3. The molecular formula is C17H24N2O5. The highest BCUT2D eigenvalue weighted by Crippen LogP contribution is 2.45. The van der Waals surface area contributed by atoms with E-state index in [9.17, 15) is 19.8 Å². The maximum Gasteiger partial charge on any atom is 0.352 e. The Morgan fingerprint density at radius 2 is 2.21 bits per heavy atom. The largest absolute Gasteiger partial charge is 0.477 e. The number of allylic oxidation sites excluding steroid dienone is 1. The van der Waals surface area contributed by atoms with Gasteiger partial charge in [0.15, 0.2) is 0 Å². The number of carbonyl (C=O) groups excluding carboxylic acids is 1. The first-order chi connectivity index (χ1) is 11.3. The molecule has 3 aliphatic rings. The number of hydrogen-bond acceptors (Lipinski definition) is 5. The molecule has 0 saturated carbocycles. The lowest BCUT2D eigenvalue weighted by molar-refractivity contribution is -0.161. The van der Waals surface area contributed by atoms with E-state index in [1.807, 2.05) is 13.0 Å². The Bertz CT molecular complexity index is 624. The number of carbonyl (C=O) groups is 2. The number of aliphatic hydroxyl groups excluding tert-OH is 1. The number of carboxylic acids is 1. The molecule has 2 fully saturated rings. The fraction of sp³-hybridized carbons (Fsp3) is 0.647. The maximum atomic E-state index is 12.2. The van der Waals surface area contributed by atoms with Gasteiger partial charge in [0.25, 0.3) is 0 Å². The Balaban J connectivity index is 1.84. The van der Waals surface area contributed by atoms with Gasteiger partial charge >= 0.3 is 5.97 Å². The Hall–Kier alpha value is -1.70. The summed E-state index contributed by atoms with van der Waals surface area (Å²) in [6.07, 6.45) is 2.73. The molecular weight excluding hydrogens is 312 g/mol. The molecule has 0 radical (unpaired) electrons. The van der Waals surface area contributed by atoms with Crippen LogP contribution in [0.3, 0.4) is 0 Å². The first-order valence-corrected chi connectivity index (χ1v) is 8.27. The highest BCUT2D eigenvalue weighted by Gasteiger charge is 2.56. The van der Waals surface area contributed by atoms with Gasteiger partial charge in [0, 0.05) is 19.7 Å². The van der Waals surface area contributed by atoms with Crippen molar-refractivity contribution >= 4 is 11.9 Å². The van der Waals surface area contributed by atoms with Crippen molar-refractivity contribution < 1.29 is 24.5 Å². The Morgan fingerprint density at radius 3 is 2.75 bits per heavy atom. The molecule has 132 valence electrons. The third-order valence-electron chi connectivity index (χ3n) is 5.32. The summed E-state index contributed by atoms with van der Waals surface area (Å²) in [7, 11) is 1.68. The first kappa shape index (κ1) is 17.1. The van der Waals surface area contributed by atoms with Crippen LogP contribution in [0.4, 0.5) is 0 Å². The standard InChI is InChI=1S/C17H24N2O5/c1-8(4-10-5-11(24-3)7-18-10)12-6-13-14(9(2)20)16(21)19(13)15(12)17(22)23/h4,9-11,13-14,18,20H,5-7H2,1-3H3,(H,22,23)/t9-,10-,11+,13-,14-/m1/s1. The second-order valence-electron chi connectivity index (χ2n) is 6.84. The van der Waals surface area contributed by atoms with Crippen molar-refractivity contribution in [1.82, 2.24) is 10.2 Å². The van der Waals surface area contributed by atoms with Crippen LogP contribution in [0.5, 0.6) is 0 Å². The lowest BCUT2D eigenvalue weighted by Gasteiger charge is -2.44. The smallest absolute Gasteiger partial charge is 0.352 e. The molecule has 5 atom stereocenters. The maximum absolute atomic E-state index is 12.2. The number of rotatable bonds is 5. The van der Waals surface area contributed by atoms with E-state index in [0.29, 0.717) is 12.0 Å². The summed E-state index contributed by atoms with van der Waals surface area (Å²) >= 11 is 0. The van der Waals surface area contributed by atoms with Crippen LogP contribution in [-0.4, -0.2) is 64.9 Å². The molecule has 3 aliphatic heterocycles. The molecule has 0 aromatic heterocycles. The molecule has 24 heavy (non-hydrogen) atoms. The number of β-lactam (4-membered cyclic amide) rings is 1. The molecule has 3 heterocycles. The van der Waals surface area contributed by atoms with Crippen LogP contribution in [0.2, 0.25) is 0 Å². The van der Waals surface area contributed by atoms with Crippen LogP contribution in [-0.2, 0) is 14.3 Å². The van der Waals surface area contributed by atoms with Gasteiger partial charge in [-0.3, -0.25) is 4.79 Å². The van der Waals surface area contributed by atoms with Gasteiger partial charge < -0.3 is 25.2 Å². The van der Waals surface area contributed by atoms with Crippen LogP contribution < -0.4 is 5.32 Å². The summed E-state index contributed by atoms with van der Waals surface area (Å²) in [6, 6.07) is -0.112. The zero-order valence-corrected chi connectivity index (χ0v) is 14.2. The van der Waals surface area contributed by atoms with Crippen LogP contribution in [0.25, 0.3) is 0 Å². The first-order valence-electron chi connectivity index (χ1n) is 8.27. The van der Waals surface area contributed by atoms with Crippen LogP contribution in [0.1, 0.15) is 26.7 Å². The second kappa shape index (κ2) is 6.31. The summed E-state index contributed by atoms with van der Waals surface area (Å²) in [5, 5.41) is 22.7. The average Bonchev–Trinajstić information content (AvgIpc) is 3.08. The third kappa shape index (κ3) is 2.66. The minimum absolute atomic E-state index is 0.0666. The summed E-state index contributed by atoms with van der Waals surface area (Å²) in [6.45, 7) is 4.23. The number of aliphatic carboxylic acids is 1. The Labute approximate surface area is 141 Å². The number of nitrogens with one attached hydrogen (secondary N) is 1. The molecule has 0 aromatic carbocycles. The third-order valence-corrected chi connectivity index (χ3v) is 5.32. The molecule has 0 bridgehead atoms. The van der Waals surface area contributed by atoms with Crippen molar-refractivity contribution in [2.24, 2.45) is 5.92 Å². The zero-order valence-electron chi connectivity index (χ0n) is 14.2. The van der Waals surface area contributed by atoms with Gasteiger partial charge in [-0.25, -0.2) is 4.79 Å². The molecule has 7 nitrogen and oxygen atoms in total. The highest BCUT2D eigenvalue weighted by molar-refractivity contribution is 6.00. The number of methoxy groups -OCH3 is 1. The highest BCUT2D eigenvalue weighted by atomic mass is 16.5. The molecule has 7 heteroatoms. The Kier molecular flexibility index (Phi) is 4.50. The van der Waals surface area contributed by atoms with Crippen LogP contribution >= 0.6 is 0 Å². The fourth-order valence-electron chi connectivity index (χ4n) is 4.06. The molecule has 2 saturated heterocycles. The second-order valence-corrected chi connectivity index (χ2v) is 6.84. The molecule has 0 unspecified atom stereocenters. The van der Waals surface area contributed by atoms with E-state index in [4.69, 9.17) is 4.74 Å². The monoisotopic (exact) mass is 336 g/mol. The van der Waals surface area contributed by atoms with Crippen molar-refractivity contribution in [3.8, 4) is 0 Å². The lowest BCUT2D eigenvalue weighted by atomic mass is 9.82. The van der Waals surface area contributed by atoms with Crippen molar-refractivity contribution in [3.63, 3.8) is 0 Å². The topological polar surface area (TPSA) is 99.1 Å². The summed E-state index contributed by atoms with van der Waals surface area (Å²) in [5.41, 5.74) is 1.62. The van der Waals surface area contributed by atoms with Crippen LogP contribution in [0, 0.1) is 5.92 Å². The molecule has 0 aromatic rings. The van der Waals surface area contributed by atoms with E-state index >= 15 is 0 Å². The quantitative estimate of drug-likeness (QED) is 0.623. The Morgan fingerprint density at radius 1 is 1.50 bits per heavy atom. The number of amides is 1. The van der Waals surface area contributed by atoms with E-state index in [1.165, 1.54) is 4.90 Å². The van der Waals surface area contributed by atoms with Crippen molar-refractivity contribution in [1.29, 1.82) is 0 Å². The fourth-order valence-corrected chi connectivity index (χ4v) is 4.06. The van der Waals surface area contributed by atoms with Crippen LogP contribution in [0.15, 0.2) is 22.9 Å². The molecule has 3 N–H and O–H groups in total. The SMILES string of the molecule is CO[C@@H]1CN[C@H](C=C(C)C2=C(C(=O)O)N3C(=O)[C@H]([C@@H](C)O)[C@H]3C2)C1. The van der Waals surface area contributed by atoms with E-state index in [1.54, 1.807) is 14.0 Å². The molecule has 0 spiro atoms. The van der Waals surface area contributed by atoms with Gasteiger partial charge in [-0.15, -0.1) is 0 Å². The van der Waals surface area contributed by atoms with Gasteiger partial charge in [0.2, 0.25) is 5.91 Å². The van der Waals surface area contributed by atoms with Crippen molar-refractivity contribution in [3.05, 3.63) is 22.9 Å². The summed E-state index contributed by atoms with van der Waals surface area (Å²) < 4.78 is 5.33. The molecule has 1 amide bonds. The molecule has 0 aliphatic carbocycles. The van der Waals surface area contributed by atoms with E-state index in [2.05, 4.69) is 5.32 Å². The molecule has 3 rings (SSSR count). The minimum atomic E-state index is -1.09. The van der Waals surface area contributed by atoms with Gasteiger partial charge in [0.1, 0.15) is 5.70 Å². The van der Waals surface area contributed by atoms with Crippen molar-refractivity contribution in [2.75, 3.05) is 13.7 Å². The number of ether oxygens (including phenoxy) is 1. The number of nitrogens with zero attached hydrogens (tertiary/aromatic N) is 1. The van der Waals surface area contributed by atoms with Gasteiger partial charge in [0.05, 0.1) is 24.2 Å². The number of carboxylic acid groups (broad SMARTS) is 1. The van der Waals surface area contributed by atoms with E-state index < -0.39 is 18.0 Å². The predicted octanol–water partition coefficient (Wildman–Crippen LogP) is 0.260. The van der Waals surface area contributed by atoms with E-state index in [0.717, 1.165) is 18.5 Å².